The van der Waals surface area contributed by atoms with Crippen LogP contribution in [0.1, 0.15) is 0 Å². The van der Waals surface area contributed by atoms with E-state index in [2.05, 4.69) is 0 Å². The minimum atomic E-state index is -1.37. The van der Waals surface area contributed by atoms with Gasteiger partial charge in [-0.15, -0.1) is 0 Å². The summed E-state index contributed by atoms with van der Waals surface area (Å²) in [6.45, 7) is -0.620. The van der Waals surface area contributed by atoms with Gasteiger partial charge in [-0.25, -0.2) is 4.79 Å². The first-order valence-corrected chi connectivity index (χ1v) is 5.52. The highest BCUT2D eigenvalue weighted by Gasteiger charge is 2.25. The first-order valence-electron chi connectivity index (χ1n) is 5.52. The molecule has 0 heterocycles. The average Bonchev–Trinajstić information content (AvgIpc) is 2.42. The number of nitrogens with zero attached hydrogens (tertiary/aromatic N) is 1. The molecule has 0 spiro atoms. The molecule has 0 aliphatic heterocycles. The second kappa shape index (κ2) is 6.60. The van der Waals surface area contributed by atoms with Gasteiger partial charge in [-0.2, -0.15) is 0 Å². The molecule has 0 aromatic heterocycles. The van der Waals surface area contributed by atoms with Gasteiger partial charge in [0.25, 0.3) is 5.91 Å². The highest BCUT2D eigenvalue weighted by molar-refractivity contribution is 5.99. The summed E-state index contributed by atoms with van der Waals surface area (Å²) in [7, 11) is 2.95. The summed E-state index contributed by atoms with van der Waals surface area (Å²) in [6.07, 6.45) is -1.37. The molecule has 0 bridgehead atoms. The van der Waals surface area contributed by atoms with Gasteiger partial charge in [0.05, 0.1) is 19.4 Å². The average molecular weight is 268 g/mol. The highest BCUT2D eigenvalue weighted by atomic mass is 16.5. The minimum absolute atomic E-state index is 0.477. The molecule has 104 valence electrons. The molecule has 1 rings (SSSR count). The lowest BCUT2D eigenvalue weighted by atomic mass is 10.2. The first-order chi connectivity index (χ1) is 9.01. The zero-order chi connectivity index (χ0) is 14.4. The molecule has 7 heteroatoms. The number of methoxy groups -OCH3 is 1. The lowest BCUT2D eigenvalue weighted by molar-refractivity contribution is -0.121. The molecule has 1 atom stereocenters. The lowest BCUT2D eigenvalue weighted by Crippen LogP contribution is -2.49. The molecule has 0 saturated carbocycles. The summed E-state index contributed by atoms with van der Waals surface area (Å²) in [4.78, 5) is 23.8. The number of amides is 2. The van der Waals surface area contributed by atoms with Gasteiger partial charge in [0.15, 0.2) is 0 Å². The molecule has 0 aliphatic carbocycles. The second-order valence-corrected chi connectivity index (χ2v) is 3.75. The zero-order valence-corrected chi connectivity index (χ0v) is 10.7. The Labute approximate surface area is 110 Å². The standard InChI is InChI=1S/C12H16N2O5/c1-14(9-5-3-4-6-10(9)19-2)11(16)8(7-15)13-12(17)18/h3-6,8,13,15H,7H2,1-2H3,(H,17,18). The molecule has 19 heavy (non-hydrogen) atoms. The Morgan fingerprint density at radius 2 is 2.05 bits per heavy atom. The molecule has 7 nitrogen and oxygen atoms in total. The predicted octanol–water partition coefficient (Wildman–Crippen LogP) is 0.287. The largest absolute Gasteiger partial charge is 0.495 e. The van der Waals surface area contributed by atoms with E-state index >= 15 is 0 Å². The summed E-state index contributed by atoms with van der Waals surface area (Å²) >= 11 is 0. The number of aliphatic hydroxyl groups is 1. The van der Waals surface area contributed by atoms with E-state index in [0.29, 0.717) is 11.4 Å². The minimum Gasteiger partial charge on any atom is -0.495 e. The number of aliphatic hydroxyl groups excluding tert-OH is 1. The summed E-state index contributed by atoms with van der Waals surface area (Å²) in [5.74, 6) is -0.0974. The third-order valence-electron chi connectivity index (χ3n) is 2.56. The summed E-state index contributed by atoms with van der Waals surface area (Å²) in [5.41, 5.74) is 0.487. The maximum absolute atomic E-state index is 12.1. The molecule has 3 N–H and O–H groups in total. The maximum Gasteiger partial charge on any atom is 0.405 e. The molecule has 1 unspecified atom stereocenters. The fourth-order valence-electron chi connectivity index (χ4n) is 1.59. The van der Waals surface area contributed by atoms with E-state index in [0.717, 1.165) is 0 Å². The lowest BCUT2D eigenvalue weighted by Gasteiger charge is -2.24. The Morgan fingerprint density at radius 3 is 2.58 bits per heavy atom. The Bertz CT molecular complexity index is 463. The molecule has 1 aromatic carbocycles. The fraction of sp³-hybridized carbons (Fsp3) is 0.333. The van der Waals surface area contributed by atoms with Gasteiger partial charge >= 0.3 is 6.09 Å². The van der Waals surface area contributed by atoms with Crippen molar-refractivity contribution >= 4 is 17.7 Å². The van der Waals surface area contributed by atoms with Crippen LogP contribution in [0.3, 0.4) is 0 Å². The third kappa shape index (κ3) is 3.59. The number of likely N-dealkylation sites (N-methyl/N-ethyl adjacent to an activating group) is 1. The second-order valence-electron chi connectivity index (χ2n) is 3.75. The SMILES string of the molecule is COc1ccccc1N(C)C(=O)C(CO)NC(=O)O. The van der Waals surface area contributed by atoms with Crippen LogP contribution in [0.25, 0.3) is 0 Å². The van der Waals surface area contributed by atoms with Crippen LogP contribution in [0.5, 0.6) is 5.75 Å². The van der Waals surface area contributed by atoms with Gasteiger partial charge in [0.2, 0.25) is 0 Å². The van der Waals surface area contributed by atoms with E-state index in [9.17, 15) is 9.59 Å². The molecule has 0 saturated heterocycles. The van der Waals surface area contributed by atoms with Gasteiger partial charge in [-0.1, -0.05) is 12.1 Å². The van der Waals surface area contributed by atoms with Crippen LogP contribution in [0, 0.1) is 0 Å². The van der Waals surface area contributed by atoms with Crippen molar-refractivity contribution in [3.63, 3.8) is 0 Å². The van der Waals surface area contributed by atoms with E-state index < -0.39 is 24.6 Å². The number of para-hydroxylation sites is 2. The molecular formula is C12H16N2O5. The Kier molecular flexibility index (Phi) is 5.13. The van der Waals surface area contributed by atoms with E-state index in [-0.39, 0.29) is 0 Å². The number of carboxylic acid groups (broad SMARTS) is 1. The number of hydrogen-bond acceptors (Lipinski definition) is 4. The third-order valence-corrected chi connectivity index (χ3v) is 2.56. The first kappa shape index (κ1) is 14.8. The molecule has 2 amide bonds. The van der Waals surface area contributed by atoms with Gasteiger partial charge in [-0.3, -0.25) is 4.79 Å². The smallest absolute Gasteiger partial charge is 0.405 e. The number of nitrogens with one attached hydrogen (secondary N) is 1. The molecular weight excluding hydrogens is 252 g/mol. The summed E-state index contributed by atoms with van der Waals surface area (Å²) < 4.78 is 5.12. The number of rotatable bonds is 5. The number of carbonyl (C=O) groups is 2. The van der Waals surface area contributed by atoms with E-state index in [1.54, 1.807) is 24.3 Å². The van der Waals surface area contributed by atoms with Crippen molar-refractivity contribution in [2.24, 2.45) is 0 Å². The van der Waals surface area contributed by atoms with Crippen LogP contribution in [0.2, 0.25) is 0 Å². The zero-order valence-electron chi connectivity index (χ0n) is 10.7. The van der Waals surface area contributed by atoms with Crippen LogP contribution in [-0.4, -0.2) is 49.0 Å². The van der Waals surface area contributed by atoms with Crippen molar-refractivity contribution in [3.8, 4) is 5.75 Å². The normalized spacial score (nSPS) is 11.5. The number of anilines is 1. The Hall–Kier alpha value is -2.28. The van der Waals surface area contributed by atoms with Crippen molar-refractivity contribution in [2.75, 3.05) is 25.7 Å². The van der Waals surface area contributed by atoms with E-state index in [4.69, 9.17) is 14.9 Å². The number of benzene rings is 1. The Morgan fingerprint density at radius 1 is 1.42 bits per heavy atom. The monoisotopic (exact) mass is 268 g/mol. The van der Waals surface area contributed by atoms with Crippen molar-refractivity contribution in [3.05, 3.63) is 24.3 Å². The molecule has 0 aliphatic rings. The van der Waals surface area contributed by atoms with Crippen LogP contribution < -0.4 is 15.0 Å². The van der Waals surface area contributed by atoms with Crippen molar-refractivity contribution < 1.29 is 24.5 Å². The maximum atomic E-state index is 12.1. The van der Waals surface area contributed by atoms with Gasteiger partial charge in [0.1, 0.15) is 11.8 Å². The quantitative estimate of drug-likeness (QED) is 0.712. The number of ether oxygens (including phenoxy) is 1. The van der Waals surface area contributed by atoms with E-state index in [1.165, 1.54) is 19.1 Å². The highest BCUT2D eigenvalue weighted by Crippen LogP contribution is 2.26. The Balaban J connectivity index is 2.94. The van der Waals surface area contributed by atoms with Crippen molar-refractivity contribution in [1.82, 2.24) is 5.32 Å². The van der Waals surface area contributed by atoms with Gasteiger partial charge in [0, 0.05) is 7.05 Å². The molecule has 1 aromatic rings. The van der Waals surface area contributed by atoms with Crippen LogP contribution in [0.4, 0.5) is 10.5 Å². The van der Waals surface area contributed by atoms with Crippen LogP contribution in [-0.2, 0) is 4.79 Å². The van der Waals surface area contributed by atoms with Crippen LogP contribution >= 0.6 is 0 Å². The number of hydrogen-bond donors (Lipinski definition) is 3. The van der Waals surface area contributed by atoms with Crippen molar-refractivity contribution in [1.29, 1.82) is 0 Å². The number of carbonyl (C=O) groups excluding carboxylic acids is 1. The van der Waals surface area contributed by atoms with E-state index in [1.807, 2.05) is 5.32 Å². The van der Waals surface area contributed by atoms with Gasteiger partial charge in [-0.05, 0) is 12.1 Å². The molecule has 0 radical (unpaired) electrons. The summed E-state index contributed by atoms with van der Waals surface area (Å²) in [5, 5.41) is 19.6. The summed E-state index contributed by atoms with van der Waals surface area (Å²) in [6, 6.07) is 5.59. The fourth-order valence-corrected chi connectivity index (χ4v) is 1.59. The van der Waals surface area contributed by atoms with Crippen molar-refractivity contribution in [2.45, 2.75) is 6.04 Å². The predicted molar refractivity (Wildman–Crippen MR) is 68.4 cm³/mol. The van der Waals surface area contributed by atoms with Gasteiger partial charge < -0.3 is 25.2 Å². The molecule has 0 fully saturated rings. The van der Waals surface area contributed by atoms with Crippen LogP contribution in [0.15, 0.2) is 24.3 Å². The topological polar surface area (TPSA) is 99.1 Å².